The Balaban J connectivity index is 2.92. The quantitative estimate of drug-likeness (QED) is 0.235. The summed E-state index contributed by atoms with van der Waals surface area (Å²) in [7, 11) is 0. The van der Waals surface area contributed by atoms with E-state index in [2.05, 4.69) is 41.5 Å². The van der Waals surface area contributed by atoms with Gasteiger partial charge in [0.05, 0.1) is 0 Å². The Morgan fingerprint density at radius 2 is 2.22 bits per heavy atom. The first kappa shape index (κ1) is 18.4. The van der Waals surface area contributed by atoms with E-state index in [4.69, 9.17) is 5.84 Å². The van der Waals surface area contributed by atoms with Crippen molar-refractivity contribution in [1.82, 2.24) is 5.43 Å². The molecule has 0 radical (unpaired) electrons. The fourth-order valence-corrected chi connectivity index (χ4v) is 2.06. The van der Waals surface area contributed by atoms with E-state index in [1.165, 1.54) is 0 Å². The number of urea groups is 1. The number of nitrogens with zero attached hydrogens (tertiary/aromatic N) is 1. The van der Waals surface area contributed by atoms with Crippen LogP contribution in [0.25, 0.3) is 6.08 Å². The lowest BCUT2D eigenvalue weighted by molar-refractivity contribution is 0.252. The molecule has 0 bridgehead atoms. The van der Waals surface area contributed by atoms with E-state index in [9.17, 15) is 4.79 Å². The van der Waals surface area contributed by atoms with Gasteiger partial charge in [0.2, 0.25) is 0 Å². The number of aliphatic imine (C=N–C) groups is 1. The van der Waals surface area contributed by atoms with Gasteiger partial charge >= 0.3 is 6.03 Å². The van der Waals surface area contributed by atoms with Crippen LogP contribution >= 0.6 is 0 Å². The van der Waals surface area contributed by atoms with Gasteiger partial charge in [-0.05, 0) is 44.2 Å². The zero-order valence-corrected chi connectivity index (χ0v) is 13.7. The Bertz CT molecular complexity index is 630. The van der Waals surface area contributed by atoms with Crippen molar-refractivity contribution in [2.75, 3.05) is 5.32 Å². The summed E-state index contributed by atoms with van der Waals surface area (Å²) in [6.07, 6.45) is 11.4. The molecule has 0 unspecified atom stereocenters. The lowest BCUT2D eigenvalue weighted by atomic mass is 10.0. The number of nitrogens with one attached hydrogen (secondary N) is 2. The highest BCUT2D eigenvalue weighted by Crippen LogP contribution is 2.22. The maximum Gasteiger partial charge on any atom is 0.333 e. The SMILES string of the molecule is C=N/C=C\C(C)=C/C/C=C/c1c(CC)cccc1NC(=O)NN. The summed E-state index contributed by atoms with van der Waals surface area (Å²) in [4.78, 5) is 15.1. The predicted molar refractivity (Wildman–Crippen MR) is 98.3 cm³/mol. The van der Waals surface area contributed by atoms with Crippen LogP contribution in [0.15, 0.2) is 53.2 Å². The number of rotatable bonds is 7. The van der Waals surface area contributed by atoms with Crippen LogP contribution in [0, 0.1) is 0 Å². The Morgan fingerprint density at radius 3 is 2.87 bits per heavy atom. The molecule has 5 heteroatoms. The summed E-state index contributed by atoms with van der Waals surface area (Å²) in [5.41, 5.74) is 6.08. The molecule has 1 aromatic carbocycles. The third kappa shape index (κ3) is 6.32. The summed E-state index contributed by atoms with van der Waals surface area (Å²) < 4.78 is 0. The lowest BCUT2D eigenvalue weighted by Crippen LogP contribution is -2.34. The molecular formula is C18H24N4O. The summed E-state index contributed by atoms with van der Waals surface area (Å²) >= 11 is 0. The Labute approximate surface area is 137 Å². The van der Waals surface area contributed by atoms with Crippen LogP contribution in [0.2, 0.25) is 0 Å². The number of anilines is 1. The second kappa shape index (κ2) is 10.1. The van der Waals surface area contributed by atoms with Crippen molar-refractivity contribution in [1.29, 1.82) is 0 Å². The van der Waals surface area contributed by atoms with Gasteiger partial charge in [-0.3, -0.25) is 10.4 Å². The van der Waals surface area contributed by atoms with Crippen LogP contribution in [-0.2, 0) is 6.42 Å². The molecule has 1 aromatic rings. The van der Waals surface area contributed by atoms with Crippen molar-refractivity contribution in [2.45, 2.75) is 26.7 Å². The number of hydrogen-bond donors (Lipinski definition) is 3. The molecule has 0 saturated carbocycles. The van der Waals surface area contributed by atoms with Crippen molar-refractivity contribution in [3.05, 3.63) is 59.3 Å². The minimum absolute atomic E-state index is 0.439. The second-order valence-electron chi connectivity index (χ2n) is 4.91. The smallest absolute Gasteiger partial charge is 0.306 e. The highest BCUT2D eigenvalue weighted by atomic mass is 16.2. The van der Waals surface area contributed by atoms with E-state index in [1.54, 1.807) is 6.20 Å². The average Bonchev–Trinajstić information content (AvgIpc) is 2.57. The monoisotopic (exact) mass is 312 g/mol. The zero-order valence-electron chi connectivity index (χ0n) is 13.7. The molecule has 0 aliphatic carbocycles. The fourth-order valence-electron chi connectivity index (χ4n) is 2.06. The van der Waals surface area contributed by atoms with E-state index >= 15 is 0 Å². The van der Waals surface area contributed by atoms with Crippen LogP contribution in [0.5, 0.6) is 0 Å². The molecule has 0 aromatic heterocycles. The van der Waals surface area contributed by atoms with Crippen molar-refractivity contribution in [2.24, 2.45) is 10.8 Å². The largest absolute Gasteiger partial charge is 0.333 e. The highest BCUT2D eigenvalue weighted by Gasteiger charge is 2.06. The second-order valence-corrected chi connectivity index (χ2v) is 4.91. The number of carbonyl (C=O) groups excluding carboxylic acids is 1. The molecule has 122 valence electrons. The number of aryl methyl sites for hydroxylation is 1. The van der Waals surface area contributed by atoms with Gasteiger partial charge in [-0.25, -0.2) is 10.6 Å². The number of hydrogen-bond acceptors (Lipinski definition) is 3. The van der Waals surface area contributed by atoms with Gasteiger partial charge in [0.25, 0.3) is 0 Å². The normalized spacial score (nSPS) is 11.9. The van der Waals surface area contributed by atoms with E-state index in [1.807, 2.05) is 37.3 Å². The number of amides is 2. The number of benzene rings is 1. The lowest BCUT2D eigenvalue weighted by Gasteiger charge is -2.11. The molecule has 0 spiro atoms. The molecule has 0 fully saturated rings. The molecular weight excluding hydrogens is 288 g/mol. The van der Waals surface area contributed by atoms with Gasteiger partial charge in [0.1, 0.15) is 0 Å². The van der Waals surface area contributed by atoms with Gasteiger partial charge < -0.3 is 5.32 Å². The molecule has 0 heterocycles. The van der Waals surface area contributed by atoms with Crippen molar-refractivity contribution in [3.63, 3.8) is 0 Å². The predicted octanol–water partition coefficient (Wildman–Crippen LogP) is 3.81. The van der Waals surface area contributed by atoms with Crippen LogP contribution in [0.4, 0.5) is 10.5 Å². The van der Waals surface area contributed by atoms with Crippen LogP contribution < -0.4 is 16.6 Å². The van der Waals surface area contributed by atoms with Crippen molar-refractivity contribution in [3.8, 4) is 0 Å². The average molecular weight is 312 g/mol. The summed E-state index contributed by atoms with van der Waals surface area (Å²) in [6.45, 7) is 7.49. The number of allylic oxidation sites excluding steroid dienone is 4. The molecule has 23 heavy (non-hydrogen) atoms. The number of nitrogens with two attached hydrogens (primary N) is 1. The first-order chi connectivity index (χ1) is 11.1. The summed E-state index contributed by atoms with van der Waals surface area (Å²) in [5, 5.41) is 2.74. The molecule has 0 aliphatic rings. The van der Waals surface area contributed by atoms with Crippen LogP contribution in [0.3, 0.4) is 0 Å². The molecule has 4 N–H and O–H groups in total. The first-order valence-electron chi connectivity index (χ1n) is 7.47. The van der Waals surface area contributed by atoms with E-state index < -0.39 is 6.03 Å². The third-order valence-corrected chi connectivity index (χ3v) is 3.26. The maximum atomic E-state index is 11.5. The van der Waals surface area contributed by atoms with Gasteiger partial charge in [0, 0.05) is 17.5 Å². The Hall–Kier alpha value is -2.66. The molecule has 2 amide bonds. The van der Waals surface area contributed by atoms with Gasteiger partial charge in [-0.1, -0.05) is 42.9 Å². The van der Waals surface area contributed by atoms with Crippen molar-refractivity contribution < 1.29 is 4.79 Å². The summed E-state index contributed by atoms with van der Waals surface area (Å²) in [6, 6.07) is 5.38. The van der Waals surface area contributed by atoms with Gasteiger partial charge in [-0.2, -0.15) is 0 Å². The van der Waals surface area contributed by atoms with Gasteiger partial charge in [-0.15, -0.1) is 0 Å². The van der Waals surface area contributed by atoms with Gasteiger partial charge in [0.15, 0.2) is 0 Å². The Morgan fingerprint density at radius 1 is 1.43 bits per heavy atom. The maximum absolute atomic E-state index is 11.5. The van der Waals surface area contributed by atoms with E-state index in [0.717, 1.165) is 35.2 Å². The molecule has 5 nitrogen and oxygen atoms in total. The topological polar surface area (TPSA) is 79.5 Å². The Kier molecular flexibility index (Phi) is 8.10. The zero-order chi connectivity index (χ0) is 17.1. The number of hydrazine groups is 1. The third-order valence-electron chi connectivity index (χ3n) is 3.26. The molecule has 0 aliphatic heterocycles. The number of carbonyl (C=O) groups is 1. The molecule has 0 saturated heterocycles. The molecule has 1 rings (SSSR count). The molecule has 0 atom stereocenters. The fraction of sp³-hybridized carbons (Fsp3) is 0.222. The minimum atomic E-state index is -0.439. The van der Waals surface area contributed by atoms with Crippen molar-refractivity contribution >= 4 is 24.5 Å². The minimum Gasteiger partial charge on any atom is -0.306 e. The summed E-state index contributed by atoms with van der Waals surface area (Å²) in [5.74, 6) is 5.13. The van der Waals surface area contributed by atoms with Crippen LogP contribution in [-0.4, -0.2) is 12.7 Å². The first-order valence-corrected chi connectivity index (χ1v) is 7.47. The van der Waals surface area contributed by atoms with E-state index in [0.29, 0.717) is 0 Å². The highest BCUT2D eigenvalue weighted by molar-refractivity contribution is 5.91. The van der Waals surface area contributed by atoms with E-state index in [-0.39, 0.29) is 0 Å². The standard InChI is InChI=1S/C18H24N4O/c1-4-15-9-7-11-17(21-18(23)22-19)16(15)10-6-5-8-14(2)12-13-20-3/h6-13H,3-5,19H2,1-2H3,(H2,21,22,23)/b10-6+,13-12-,14-8-. The van der Waals surface area contributed by atoms with Crippen LogP contribution in [0.1, 0.15) is 31.4 Å².